The Bertz CT molecular complexity index is 265. The molecule has 2 N–H and O–H groups in total. The summed E-state index contributed by atoms with van der Waals surface area (Å²) in [6.07, 6.45) is 4.12. The molecule has 4 nitrogen and oxygen atoms in total. The van der Waals surface area contributed by atoms with Gasteiger partial charge in [-0.05, 0) is 38.9 Å². The molecular weight excluding hydrogens is 271 g/mol. The quantitative estimate of drug-likeness (QED) is 0.828. The highest BCUT2D eigenvalue weighted by Crippen LogP contribution is 2.08. The van der Waals surface area contributed by atoms with Crippen LogP contribution < -0.4 is 5.73 Å². The van der Waals surface area contributed by atoms with Crippen LogP contribution in [0, 0.1) is 0 Å². The van der Waals surface area contributed by atoms with Crippen molar-refractivity contribution in [3.8, 4) is 0 Å². The van der Waals surface area contributed by atoms with Gasteiger partial charge in [-0.15, -0.1) is 24.8 Å². The first-order chi connectivity index (χ1) is 6.47. The fraction of sp³-hybridized carbons (Fsp3) is 1.00. The summed E-state index contributed by atoms with van der Waals surface area (Å²) in [4.78, 5) is 2.30. The molecule has 100 valence electrons. The minimum Gasteiger partial charge on any atom is -0.328 e. The fourth-order valence-corrected chi connectivity index (χ4v) is 2.38. The summed E-state index contributed by atoms with van der Waals surface area (Å²) in [5.74, 6) is 0.301. The molecular formula is C9H22Cl2N2O2S. The summed E-state index contributed by atoms with van der Waals surface area (Å²) in [5, 5.41) is 0. The first kappa shape index (κ1) is 18.8. The van der Waals surface area contributed by atoms with E-state index in [1.807, 2.05) is 0 Å². The second-order valence-corrected chi connectivity index (χ2v) is 6.42. The number of nitrogens with zero attached hydrogens (tertiary/aromatic N) is 1. The van der Waals surface area contributed by atoms with Crippen molar-refractivity contribution in [1.82, 2.24) is 4.90 Å². The molecule has 1 heterocycles. The zero-order valence-electron chi connectivity index (χ0n) is 9.59. The number of nitrogens with two attached hydrogens (primary N) is 1. The van der Waals surface area contributed by atoms with E-state index in [9.17, 15) is 8.42 Å². The van der Waals surface area contributed by atoms with Crippen LogP contribution >= 0.6 is 24.8 Å². The number of rotatable bonds is 4. The fourth-order valence-electron chi connectivity index (χ4n) is 1.73. The van der Waals surface area contributed by atoms with Crippen LogP contribution in [0.25, 0.3) is 0 Å². The summed E-state index contributed by atoms with van der Waals surface area (Å²) in [6.45, 7) is 2.93. The minimum absolute atomic E-state index is 0. The molecule has 16 heavy (non-hydrogen) atoms. The zero-order valence-corrected chi connectivity index (χ0v) is 12.0. The molecule has 0 unspecified atom stereocenters. The summed E-state index contributed by atoms with van der Waals surface area (Å²) >= 11 is 0. The molecule has 7 heteroatoms. The Kier molecular flexibility index (Phi) is 10.0. The molecule has 0 bridgehead atoms. The molecule has 0 aliphatic carbocycles. The van der Waals surface area contributed by atoms with Crippen molar-refractivity contribution in [3.05, 3.63) is 0 Å². The third-order valence-corrected chi connectivity index (χ3v) is 3.65. The molecule has 0 aromatic carbocycles. The van der Waals surface area contributed by atoms with E-state index in [4.69, 9.17) is 5.73 Å². The van der Waals surface area contributed by atoms with Crippen molar-refractivity contribution in [1.29, 1.82) is 0 Å². The van der Waals surface area contributed by atoms with Gasteiger partial charge in [0.15, 0.2) is 0 Å². The van der Waals surface area contributed by atoms with Gasteiger partial charge < -0.3 is 10.6 Å². The lowest BCUT2D eigenvalue weighted by Crippen LogP contribution is -2.40. The van der Waals surface area contributed by atoms with Gasteiger partial charge in [-0.2, -0.15) is 0 Å². The molecule has 1 saturated heterocycles. The van der Waals surface area contributed by atoms with Crippen molar-refractivity contribution in [2.45, 2.75) is 25.3 Å². The smallest absolute Gasteiger partial charge is 0.147 e. The van der Waals surface area contributed by atoms with E-state index < -0.39 is 9.84 Å². The standard InChI is InChI=1S/C9H20N2O2S.2ClH/c1-14(12,13)8-2-5-11-6-3-9(10)4-7-11;;/h9H,2-8,10H2,1H3;2*1H. The van der Waals surface area contributed by atoms with Crippen molar-refractivity contribution >= 4 is 34.7 Å². The van der Waals surface area contributed by atoms with Crippen LogP contribution in [0.15, 0.2) is 0 Å². The Morgan fingerprint density at radius 1 is 1.25 bits per heavy atom. The maximum atomic E-state index is 10.9. The summed E-state index contributed by atoms with van der Waals surface area (Å²) < 4.78 is 21.8. The van der Waals surface area contributed by atoms with Gasteiger partial charge >= 0.3 is 0 Å². The number of piperidine rings is 1. The second kappa shape index (κ2) is 8.53. The minimum atomic E-state index is -2.79. The Morgan fingerprint density at radius 3 is 2.19 bits per heavy atom. The molecule has 1 aliphatic rings. The van der Waals surface area contributed by atoms with E-state index in [0.717, 1.165) is 38.9 Å². The Labute approximate surface area is 111 Å². The van der Waals surface area contributed by atoms with E-state index in [2.05, 4.69) is 4.90 Å². The van der Waals surface area contributed by atoms with Crippen molar-refractivity contribution in [2.24, 2.45) is 5.73 Å². The molecule has 0 aromatic rings. The van der Waals surface area contributed by atoms with Crippen LogP contribution in [0.5, 0.6) is 0 Å². The molecule has 0 atom stereocenters. The molecule has 0 amide bonds. The molecule has 0 radical (unpaired) electrons. The zero-order chi connectivity index (χ0) is 10.6. The average molecular weight is 293 g/mol. The van der Waals surface area contributed by atoms with Gasteiger partial charge in [0.2, 0.25) is 0 Å². The first-order valence-corrected chi connectivity index (χ1v) is 7.19. The highest BCUT2D eigenvalue weighted by Gasteiger charge is 2.15. The van der Waals surface area contributed by atoms with Gasteiger partial charge in [0, 0.05) is 12.3 Å². The van der Waals surface area contributed by atoms with Crippen LogP contribution in [0.4, 0.5) is 0 Å². The average Bonchev–Trinajstić information content (AvgIpc) is 2.06. The first-order valence-electron chi connectivity index (χ1n) is 5.13. The lowest BCUT2D eigenvalue weighted by molar-refractivity contribution is 0.214. The van der Waals surface area contributed by atoms with Crippen molar-refractivity contribution < 1.29 is 8.42 Å². The lowest BCUT2D eigenvalue weighted by atomic mass is 10.1. The SMILES string of the molecule is CS(=O)(=O)CCCN1CCC(N)CC1.Cl.Cl. The maximum absolute atomic E-state index is 10.9. The van der Waals surface area contributed by atoms with Crippen LogP contribution in [0.2, 0.25) is 0 Å². The Morgan fingerprint density at radius 2 is 1.75 bits per heavy atom. The van der Waals surface area contributed by atoms with Gasteiger partial charge in [-0.3, -0.25) is 0 Å². The monoisotopic (exact) mass is 292 g/mol. The lowest BCUT2D eigenvalue weighted by Gasteiger charge is -2.29. The number of halogens is 2. The van der Waals surface area contributed by atoms with E-state index in [0.29, 0.717) is 11.8 Å². The van der Waals surface area contributed by atoms with E-state index >= 15 is 0 Å². The normalized spacial score (nSPS) is 18.6. The highest BCUT2D eigenvalue weighted by atomic mass is 35.5. The third kappa shape index (κ3) is 8.58. The number of likely N-dealkylation sites (tertiary alicyclic amines) is 1. The Balaban J connectivity index is 0. The third-order valence-electron chi connectivity index (χ3n) is 2.62. The van der Waals surface area contributed by atoms with Crippen LogP contribution in [-0.4, -0.2) is 51.0 Å². The summed E-state index contributed by atoms with van der Waals surface area (Å²) in [5.41, 5.74) is 5.77. The van der Waals surface area contributed by atoms with Crippen LogP contribution in [0.1, 0.15) is 19.3 Å². The number of hydrogen-bond donors (Lipinski definition) is 1. The molecule has 1 fully saturated rings. The Hall–Kier alpha value is 0.450. The predicted molar refractivity (Wildman–Crippen MR) is 72.5 cm³/mol. The van der Waals surface area contributed by atoms with Gasteiger partial charge in [0.1, 0.15) is 9.84 Å². The van der Waals surface area contributed by atoms with Gasteiger partial charge in [-0.1, -0.05) is 0 Å². The van der Waals surface area contributed by atoms with Crippen LogP contribution in [-0.2, 0) is 9.84 Å². The molecule has 0 spiro atoms. The maximum Gasteiger partial charge on any atom is 0.147 e. The molecule has 1 aliphatic heterocycles. The number of hydrogen-bond acceptors (Lipinski definition) is 4. The highest BCUT2D eigenvalue weighted by molar-refractivity contribution is 7.90. The molecule has 1 rings (SSSR count). The van der Waals surface area contributed by atoms with Crippen LogP contribution in [0.3, 0.4) is 0 Å². The van der Waals surface area contributed by atoms with Gasteiger partial charge in [0.05, 0.1) is 5.75 Å². The van der Waals surface area contributed by atoms with E-state index in [1.54, 1.807) is 0 Å². The summed E-state index contributed by atoms with van der Waals surface area (Å²) in [6, 6.07) is 0.348. The van der Waals surface area contributed by atoms with E-state index in [-0.39, 0.29) is 24.8 Å². The van der Waals surface area contributed by atoms with Crippen molar-refractivity contribution in [3.63, 3.8) is 0 Å². The van der Waals surface area contributed by atoms with Crippen molar-refractivity contribution in [2.75, 3.05) is 31.6 Å². The topological polar surface area (TPSA) is 63.4 Å². The predicted octanol–water partition coefficient (Wildman–Crippen LogP) is 0.688. The van der Waals surface area contributed by atoms with E-state index in [1.165, 1.54) is 6.26 Å². The molecule has 0 saturated carbocycles. The largest absolute Gasteiger partial charge is 0.328 e. The van der Waals surface area contributed by atoms with Gasteiger partial charge in [0.25, 0.3) is 0 Å². The summed E-state index contributed by atoms with van der Waals surface area (Å²) in [7, 11) is -2.79. The second-order valence-electron chi connectivity index (χ2n) is 4.16. The van der Waals surface area contributed by atoms with Gasteiger partial charge in [-0.25, -0.2) is 8.42 Å². The molecule has 0 aromatic heterocycles. The number of sulfone groups is 1.